The van der Waals surface area contributed by atoms with Crippen LogP contribution < -0.4 is 4.74 Å². The standard InChI is InChI=1S/C25H18N2O3S2/c1-30-18-11-9-16(10-12-18)19-14-21(22-8-5-13-31-22)27-24(20(19)15-26)32-23(25(28)29)17-6-3-2-4-7-17/h2-14,23H,1H3,(H,28,29)/t23-/m1/s1. The fourth-order valence-electron chi connectivity index (χ4n) is 3.26. The molecular formula is C25H18N2O3S2. The zero-order chi connectivity index (χ0) is 22.5. The molecule has 0 unspecified atom stereocenters. The van der Waals surface area contributed by atoms with E-state index in [-0.39, 0.29) is 0 Å². The van der Waals surface area contributed by atoms with Gasteiger partial charge in [0.25, 0.3) is 0 Å². The first-order chi connectivity index (χ1) is 15.6. The maximum absolute atomic E-state index is 12.1. The van der Waals surface area contributed by atoms with Gasteiger partial charge >= 0.3 is 5.97 Å². The fraction of sp³-hybridized carbons (Fsp3) is 0.0800. The van der Waals surface area contributed by atoms with Crippen molar-refractivity contribution in [2.45, 2.75) is 10.3 Å². The van der Waals surface area contributed by atoms with Crippen molar-refractivity contribution in [1.82, 2.24) is 4.98 Å². The first-order valence-corrected chi connectivity index (χ1v) is 11.4. The Kier molecular flexibility index (Phi) is 6.55. The first kappa shape index (κ1) is 21.6. The number of hydrogen-bond acceptors (Lipinski definition) is 6. The summed E-state index contributed by atoms with van der Waals surface area (Å²) in [6.45, 7) is 0. The number of hydrogen-bond donors (Lipinski definition) is 1. The summed E-state index contributed by atoms with van der Waals surface area (Å²) in [5.74, 6) is -0.274. The molecule has 0 bridgehead atoms. The smallest absolute Gasteiger partial charge is 0.321 e. The molecule has 1 atom stereocenters. The third kappa shape index (κ3) is 4.52. The van der Waals surface area contributed by atoms with E-state index < -0.39 is 11.2 Å². The van der Waals surface area contributed by atoms with Crippen molar-refractivity contribution in [3.8, 4) is 33.5 Å². The summed E-state index contributed by atoms with van der Waals surface area (Å²) in [6.07, 6.45) is 0. The molecule has 7 heteroatoms. The van der Waals surface area contributed by atoms with Crippen molar-refractivity contribution in [3.63, 3.8) is 0 Å². The van der Waals surface area contributed by atoms with Crippen molar-refractivity contribution in [1.29, 1.82) is 5.26 Å². The number of benzene rings is 2. The lowest BCUT2D eigenvalue weighted by atomic mass is 10.0. The molecule has 1 N–H and O–H groups in total. The van der Waals surface area contributed by atoms with Gasteiger partial charge in [0.2, 0.25) is 0 Å². The van der Waals surface area contributed by atoms with Gasteiger partial charge in [-0.25, -0.2) is 4.98 Å². The number of carboxylic acids is 1. The Morgan fingerprint density at radius 3 is 2.47 bits per heavy atom. The van der Waals surface area contributed by atoms with Gasteiger partial charge in [-0.1, -0.05) is 60.3 Å². The molecule has 2 aromatic carbocycles. The molecule has 0 aliphatic rings. The molecule has 2 aromatic heterocycles. The van der Waals surface area contributed by atoms with Crippen LogP contribution in [0.3, 0.4) is 0 Å². The van der Waals surface area contributed by atoms with E-state index in [1.165, 1.54) is 11.3 Å². The Bertz CT molecular complexity index is 1270. The molecule has 4 aromatic rings. The SMILES string of the molecule is COc1ccc(-c2cc(-c3cccs3)nc(S[C@@H](C(=O)O)c3ccccc3)c2C#N)cc1. The highest BCUT2D eigenvalue weighted by atomic mass is 32.2. The van der Waals surface area contributed by atoms with Crippen LogP contribution in [0.4, 0.5) is 0 Å². The zero-order valence-electron chi connectivity index (χ0n) is 17.1. The maximum atomic E-state index is 12.1. The molecule has 0 fully saturated rings. The summed E-state index contributed by atoms with van der Waals surface area (Å²) in [6, 6.07) is 24.4. The molecule has 0 amide bonds. The average molecular weight is 459 g/mol. The summed E-state index contributed by atoms with van der Waals surface area (Å²) < 4.78 is 5.25. The Labute approximate surface area is 194 Å². The van der Waals surface area contributed by atoms with Gasteiger partial charge in [0.1, 0.15) is 22.1 Å². The van der Waals surface area contributed by atoms with Crippen molar-refractivity contribution in [3.05, 3.63) is 89.3 Å². The number of aliphatic carboxylic acids is 1. The van der Waals surface area contributed by atoms with Gasteiger partial charge in [-0.2, -0.15) is 5.26 Å². The number of nitrogens with zero attached hydrogens (tertiary/aromatic N) is 2. The van der Waals surface area contributed by atoms with Gasteiger partial charge in [-0.05, 0) is 40.8 Å². The summed E-state index contributed by atoms with van der Waals surface area (Å²) in [5, 5.41) is 21.4. The lowest BCUT2D eigenvalue weighted by molar-refractivity contribution is -0.136. The lowest BCUT2D eigenvalue weighted by Gasteiger charge is -2.16. The summed E-state index contributed by atoms with van der Waals surface area (Å²) in [4.78, 5) is 17.8. The second kappa shape index (κ2) is 9.69. The minimum atomic E-state index is -0.987. The van der Waals surface area contributed by atoms with Crippen LogP contribution in [0, 0.1) is 11.3 Å². The van der Waals surface area contributed by atoms with Crippen LogP contribution in [0.25, 0.3) is 21.7 Å². The molecule has 158 valence electrons. The van der Waals surface area contributed by atoms with Crippen LogP contribution in [0.1, 0.15) is 16.4 Å². The Balaban J connectivity index is 1.87. The second-order valence-corrected chi connectivity index (χ2v) is 8.84. The molecule has 2 heterocycles. The number of rotatable bonds is 7. The van der Waals surface area contributed by atoms with Gasteiger partial charge in [-0.3, -0.25) is 4.79 Å². The summed E-state index contributed by atoms with van der Waals surface area (Å²) in [7, 11) is 1.60. The van der Waals surface area contributed by atoms with Crippen LogP contribution in [-0.4, -0.2) is 23.2 Å². The minimum Gasteiger partial charge on any atom is -0.497 e. The normalized spacial score (nSPS) is 11.5. The van der Waals surface area contributed by atoms with E-state index in [9.17, 15) is 15.2 Å². The number of aromatic nitrogens is 1. The van der Waals surface area contributed by atoms with Gasteiger partial charge < -0.3 is 9.84 Å². The Morgan fingerprint density at radius 1 is 1.12 bits per heavy atom. The largest absolute Gasteiger partial charge is 0.497 e. The number of pyridine rings is 1. The molecule has 32 heavy (non-hydrogen) atoms. The summed E-state index contributed by atoms with van der Waals surface area (Å²) in [5.41, 5.74) is 3.22. The topological polar surface area (TPSA) is 83.2 Å². The molecule has 0 saturated carbocycles. The molecule has 0 radical (unpaired) electrons. The second-order valence-electron chi connectivity index (χ2n) is 6.80. The number of ether oxygens (including phenoxy) is 1. The first-order valence-electron chi connectivity index (χ1n) is 9.68. The molecule has 5 nitrogen and oxygen atoms in total. The van der Waals surface area contributed by atoms with E-state index in [0.717, 1.165) is 22.2 Å². The monoisotopic (exact) mass is 458 g/mol. The Hall–Kier alpha value is -3.60. The molecular weight excluding hydrogens is 440 g/mol. The van der Waals surface area contributed by atoms with Crippen LogP contribution in [0.15, 0.2) is 83.2 Å². The number of carboxylic acid groups (broad SMARTS) is 1. The third-order valence-electron chi connectivity index (χ3n) is 4.83. The van der Waals surface area contributed by atoms with Crippen LogP contribution in [0.2, 0.25) is 0 Å². The Morgan fingerprint density at radius 2 is 1.88 bits per heavy atom. The van der Waals surface area contributed by atoms with Crippen molar-refractivity contribution in [2.24, 2.45) is 0 Å². The number of nitriles is 1. The van der Waals surface area contributed by atoms with Gasteiger partial charge in [0, 0.05) is 5.56 Å². The molecule has 0 spiro atoms. The van der Waals surface area contributed by atoms with Crippen LogP contribution in [0.5, 0.6) is 5.75 Å². The minimum absolute atomic E-state index is 0.350. The van der Waals surface area contributed by atoms with E-state index >= 15 is 0 Å². The van der Waals surface area contributed by atoms with Crippen molar-refractivity contribution < 1.29 is 14.6 Å². The third-order valence-corrected chi connectivity index (χ3v) is 6.95. The van der Waals surface area contributed by atoms with Gasteiger partial charge in [-0.15, -0.1) is 11.3 Å². The quantitative estimate of drug-likeness (QED) is 0.328. The number of methoxy groups -OCH3 is 1. The van der Waals surface area contributed by atoms with E-state index in [0.29, 0.717) is 33.2 Å². The lowest BCUT2D eigenvalue weighted by Crippen LogP contribution is -2.09. The predicted molar refractivity (Wildman–Crippen MR) is 127 cm³/mol. The van der Waals surface area contributed by atoms with E-state index in [2.05, 4.69) is 6.07 Å². The fourth-order valence-corrected chi connectivity index (χ4v) is 4.99. The van der Waals surface area contributed by atoms with Crippen LogP contribution >= 0.6 is 23.1 Å². The van der Waals surface area contributed by atoms with Gasteiger partial charge in [0.15, 0.2) is 0 Å². The van der Waals surface area contributed by atoms with E-state index in [1.807, 2.05) is 53.9 Å². The molecule has 4 rings (SSSR count). The van der Waals surface area contributed by atoms with E-state index in [4.69, 9.17) is 9.72 Å². The highest BCUT2D eigenvalue weighted by molar-refractivity contribution is 8.00. The van der Waals surface area contributed by atoms with E-state index in [1.54, 1.807) is 31.4 Å². The highest BCUT2D eigenvalue weighted by Gasteiger charge is 2.25. The molecule has 0 aliphatic heterocycles. The van der Waals surface area contributed by atoms with Gasteiger partial charge in [0.05, 0.1) is 23.2 Å². The summed E-state index contributed by atoms with van der Waals surface area (Å²) >= 11 is 2.61. The molecule has 0 aliphatic carbocycles. The van der Waals surface area contributed by atoms with Crippen molar-refractivity contribution >= 4 is 29.1 Å². The molecule has 0 saturated heterocycles. The maximum Gasteiger partial charge on any atom is 0.321 e. The van der Waals surface area contributed by atoms with Crippen LogP contribution in [-0.2, 0) is 4.79 Å². The average Bonchev–Trinajstić information content (AvgIpc) is 3.37. The number of carbonyl (C=O) groups is 1. The zero-order valence-corrected chi connectivity index (χ0v) is 18.7. The number of thioether (sulfide) groups is 1. The predicted octanol–water partition coefficient (Wildman–Crippen LogP) is 6.28. The number of thiophene rings is 1. The van der Waals surface area contributed by atoms with Crippen molar-refractivity contribution in [2.75, 3.05) is 7.11 Å². The highest BCUT2D eigenvalue weighted by Crippen LogP contribution is 2.41.